The van der Waals surface area contributed by atoms with E-state index in [1.54, 1.807) is 13.2 Å². The molecule has 0 aliphatic carbocycles. The standard InChI is InChI=1S/C12H15N3O5S/c1-5-8(10(21-2)15-12(19)13-5)9(16)14-7-4-20-3-6(7)11(17)18/h6-7H,3-4H2,1-2H3,(H,14,16)(H,17,18)(H,13,15,19). The molecule has 1 aliphatic rings. The molecule has 1 fully saturated rings. The minimum Gasteiger partial charge on any atom is -0.481 e. The summed E-state index contributed by atoms with van der Waals surface area (Å²) in [4.78, 5) is 40.9. The van der Waals surface area contributed by atoms with Crippen LogP contribution in [0.1, 0.15) is 16.1 Å². The number of aromatic amines is 1. The Balaban J connectivity index is 2.25. The number of carboxylic acids is 1. The summed E-state index contributed by atoms with van der Waals surface area (Å²) in [6, 6.07) is -0.601. The van der Waals surface area contributed by atoms with Gasteiger partial charge in [-0.2, -0.15) is 4.98 Å². The van der Waals surface area contributed by atoms with E-state index in [0.29, 0.717) is 10.7 Å². The van der Waals surface area contributed by atoms with Gasteiger partial charge in [-0.15, -0.1) is 11.8 Å². The number of carbonyl (C=O) groups is 2. The van der Waals surface area contributed by atoms with Gasteiger partial charge in [-0.25, -0.2) is 4.79 Å². The van der Waals surface area contributed by atoms with Crippen LogP contribution >= 0.6 is 11.8 Å². The van der Waals surface area contributed by atoms with Gasteiger partial charge in [0.1, 0.15) is 10.9 Å². The fraction of sp³-hybridized carbons (Fsp3) is 0.500. The van der Waals surface area contributed by atoms with E-state index in [4.69, 9.17) is 9.84 Å². The molecule has 1 amide bonds. The number of carbonyl (C=O) groups excluding carboxylic acids is 1. The number of thioether (sulfide) groups is 1. The molecule has 0 bridgehead atoms. The lowest BCUT2D eigenvalue weighted by molar-refractivity contribution is -0.142. The molecule has 0 radical (unpaired) electrons. The number of nitrogens with zero attached hydrogens (tertiary/aromatic N) is 1. The molecule has 0 saturated carbocycles. The molecule has 21 heavy (non-hydrogen) atoms. The summed E-state index contributed by atoms with van der Waals surface area (Å²) >= 11 is 1.18. The van der Waals surface area contributed by atoms with Gasteiger partial charge in [0.25, 0.3) is 5.91 Å². The van der Waals surface area contributed by atoms with Gasteiger partial charge in [0.05, 0.1) is 24.8 Å². The molecule has 8 nitrogen and oxygen atoms in total. The van der Waals surface area contributed by atoms with E-state index in [-0.39, 0.29) is 18.8 Å². The van der Waals surface area contributed by atoms with Crippen molar-refractivity contribution in [2.45, 2.75) is 18.0 Å². The Hall–Kier alpha value is -1.87. The van der Waals surface area contributed by atoms with Crippen LogP contribution in [0.3, 0.4) is 0 Å². The van der Waals surface area contributed by atoms with Crippen molar-refractivity contribution in [1.82, 2.24) is 15.3 Å². The highest BCUT2D eigenvalue weighted by atomic mass is 32.2. The van der Waals surface area contributed by atoms with Gasteiger partial charge in [0.15, 0.2) is 0 Å². The first-order chi connectivity index (χ1) is 9.93. The number of amides is 1. The second-order valence-electron chi connectivity index (χ2n) is 4.61. The molecule has 2 rings (SSSR count). The lowest BCUT2D eigenvalue weighted by Gasteiger charge is -2.17. The third kappa shape index (κ3) is 3.24. The summed E-state index contributed by atoms with van der Waals surface area (Å²) in [6.45, 7) is 1.81. The highest BCUT2D eigenvalue weighted by Crippen LogP contribution is 2.20. The molecule has 0 spiro atoms. The average molecular weight is 313 g/mol. The van der Waals surface area contributed by atoms with Crippen molar-refractivity contribution in [2.75, 3.05) is 19.5 Å². The topological polar surface area (TPSA) is 121 Å². The number of rotatable bonds is 4. The molecule has 3 N–H and O–H groups in total. The van der Waals surface area contributed by atoms with Gasteiger partial charge in [0, 0.05) is 5.69 Å². The van der Waals surface area contributed by atoms with Crippen molar-refractivity contribution in [2.24, 2.45) is 5.92 Å². The molecule has 1 aromatic rings. The van der Waals surface area contributed by atoms with E-state index in [9.17, 15) is 14.4 Å². The molecule has 9 heteroatoms. The minimum atomic E-state index is -1.01. The van der Waals surface area contributed by atoms with Crippen molar-refractivity contribution in [3.63, 3.8) is 0 Å². The third-order valence-corrected chi connectivity index (χ3v) is 3.90. The van der Waals surface area contributed by atoms with Gasteiger partial charge < -0.3 is 20.1 Å². The number of hydrogen-bond acceptors (Lipinski definition) is 6. The zero-order valence-corrected chi connectivity index (χ0v) is 12.3. The fourth-order valence-corrected chi connectivity index (χ4v) is 2.78. The van der Waals surface area contributed by atoms with Crippen molar-refractivity contribution in [3.05, 3.63) is 21.7 Å². The predicted octanol–water partition coefficient (Wildman–Crippen LogP) is -0.370. The first-order valence-electron chi connectivity index (χ1n) is 6.20. The smallest absolute Gasteiger partial charge is 0.346 e. The quantitative estimate of drug-likeness (QED) is 0.512. The van der Waals surface area contributed by atoms with E-state index in [0.717, 1.165) is 0 Å². The third-order valence-electron chi connectivity index (χ3n) is 3.22. The monoisotopic (exact) mass is 313 g/mol. The van der Waals surface area contributed by atoms with Crippen LogP contribution in [0.25, 0.3) is 0 Å². The summed E-state index contributed by atoms with van der Waals surface area (Å²) in [5.41, 5.74) is 0.113. The first-order valence-corrected chi connectivity index (χ1v) is 7.42. The van der Waals surface area contributed by atoms with E-state index in [1.807, 2.05) is 0 Å². The van der Waals surface area contributed by atoms with Crippen molar-refractivity contribution >= 4 is 23.6 Å². The fourth-order valence-electron chi connectivity index (χ4n) is 2.15. The normalized spacial score (nSPS) is 21.2. The van der Waals surface area contributed by atoms with Crippen molar-refractivity contribution < 1.29 is 19.4 Å². The molecule has 114 valence electrons. The molecule has 2 unspecified atom stereocenters. The molecular weight excluding hydrogens is 298 g/mol. The van der Waals surface area contributed by atoms with Crippen LogP contribution in [0.5, 0.6) is 0 Å². The molecule has 1 aromatic heterocycles. The molecular formula is C12H15N3O5S. The molecule has 2 atom stereocenters. The molecule has 2 heterocycles. The number of hydrogen-bond donors (Lipinski definition) is 3. The van der Waals surface area contributed by atoms with E-state index in [1.165, 1.54) is 11.8 Å². The Bertz CT molecular complexity index is 630. The lowest BCUT2D eigenvalue weighted by atomic mass is 10.0. The molecule has 1 saturated heterocycles. The molecule has 1 aliphatic heterocycles. The predicted molar refractivity (Wildman–Crippen MR) is 74.6 cm³/mol. The van der Waals surface area contributed by atoms with E-state index < -0.39 is 29.5 Å². The SMILES string of the molecule is CSc1nc(=O)[nH]c(C)c1C(=O)NC1COCC1C(=O)O. The van der Waals surface area contributed by atoms with Crippen LogP contribution in [0.15, 0.2) is 9.82 Å². The maximum atomic E-state index is 12.3. The van der Waals surface area contributed by atoms with Gasteiger partial charge >= 0.3 is 11.7 Å². The highest BCUT2D eigenvalue weighted by molar-refractivity contribution is 7.98. The summed E-state index contributed by atoms with van der Waals surface area (Å²) in [5, 5.41) is 12.0. The Morgan fingerprint density at radius 1 is 1.48 bits per heavy atom. The zero-order chi connectivity index (χ0) is 15.6. The van der Waals surface area contributed by atoms with Crippen molar-refractivity contribution in [1.29, 1.82) is 0 Å². The number of aliphatic carboxylic acids is 1. The number of ether oxygens (including phenoxy) is 1. The number of aromatic nitrogens is 2. The lowest BCUT2D eigenvalue weighted by Crippen LogP contribution is -2.43. The number of carboxylic acid groups (broad SMARTS) is 1. The van der Waals surface area contributed by atoms with Crippen LogP contribution in [0.2, 0.25) is 0 Å². The Morgan fingerprint density at radius 2 is 2.19 bits per heavy atom. The summed E-state index contributed by atoms with van der Waals surface area (Å²) in [6.07, 6.45) is 1.71. The number of H-pyrrole nitrogens is 1. The van der Waals surface area contributed by atoms with Gasteiger partial charge in [-0.05, 0) is 13.2 Å². The van der Waals surface area contributed by atoms with Gasteiger partial charge in [0.2, 0.25) is 0 Å². The second-order valence-corrected chi connectivity index (χ2v) is 5.41. The van der Waals surface area contributed by atoms with Crippen molar-refractivity contribution in [3.8, 4) is 0 Å². The second kappa shape index (κ2) is 6.27. The summed E-state index contributed by atoms with van der Waals surface area (Å²) < 4.78 is 5.10. The Labute approximate surface area is 124 Å². The number of aryl methyl sites for hydroxylation is 1. The first kappa shape index (κ1) is 15.5. The number of nitrogens with one attached hydrogen (secondary N) is 2. The van der Waals surface area contributed by atoms with Crippen LogP contribution in [0.4, 0.5) is 0 Å². The average Bonchev–Trinajstić information content (AvgIpc) is 2.85. The van der Waals surface area contributed by atoms with Crippen LogP contribution < -0.4 is 11.0 Å². The zero-order valence-electron chi connectivity index (χ0n) is 11.5. The van der Waals surface area contributed by atoms with Gasteiger partial charge in [-0.3, -0.25) is 9.59 Å². The van der Waals surface area contributed by atoms with Crippen LogP contribution in [0, 0.1) is 12.8 Å². The van der Waals surface area contributed by atoms with Crippen LogP contribution in [-0.4, -0.2) is 52.5 Å². The highest BCUT2D eigenvalue weighted by Gasteiger charge is 2.35. The van der Waals surface area contributed by atoms with Gasteiger partial charge in [-0.1, -0.05) is 0 Å². The minimum absolute atomic E-state index is 0.0680. The molecule has 0 aromatic carbocycles. The van der Waals surface area contributed by atoms with E-state index in [2.05, 4.69) is 15.3 Å². The maximum absolute atomic E-state index is 12.3. The summed E-state index contributed by atoms with van der Waals surface area (Å²) in [7, 11) is 0. The van der Waals surface area contributed by atoms with Crippen LogP contribution in [-0.2, 0) is 9.53 Å². The largest absolute Gasteiger partial charge is 0.481 e. The summed E-state index contributed by atoms with van der Waals surface area (Å²) in [5.74, 6) is -2.26. The maximum Gasteiger partial charge on any atom is 0.346 e. The van der Waals surface area contributed by atoms with E-state index >= 15 is 0 Å². The Kier molecular flexibility index (Phi) is 4.63. The Morgan fingerprint density at radius 3 is 2.81 bits per heavy atom.